The van der Waals surface area contributed by atoms with Crippen LogP contribution in [0.25, 0.3) is 11.3 Å². The second kappa shape index (κ2) is 10.7. The van der Waals surface area contributed by atoms with Gasteiger partial charge in [-0.15, -0.1) is 24.8 Å². The minimum absolute atomic E-state index is 0. The molecule has 0 radical (unpaired) electrons. The number of aryl methyl sites for hydroxylation is 1. The number of nitrogens with one attached hydrogen (secondary N) is 1. The molecule has 0 bridgehead atoms. The van der Waals surface area contributed by atoms with E-state index in [4.69, 9.17) is 10.2 Å². The first-order chi connectivity index (χ1) is 10.9. The van der Waals surface area contributed by atoms with Gasteiger partial charge in [0.25, 0.3) is 5.92 Å². The van der Waals surface area contributed by atoms with E-state index in [0.29, 0.717) is 11.7 Å². The lowest BCUT2D eigenvalue weighted by Crippen LogP contribution is -2.41. The minimum Gasteiger partial charge on any atom is -0.441 e. The number of hydrogen-bond acceptors (Lipinski definition) is 4. The van der Waals surface area contributed by atoms with Gasteiger partial charge in [0.1, 0.15) is 0 Å². The molecule has 0 atom stereocenters. The summed E-state index contributed by atoms with van der Waals surface area (Å²) in [6.07, 6.45) is 1.80. The summed E-state index contributed by atoms with van der Waals surface area (Å²) in [6.45, 7) is -1.57. The number of nitrogens with two attached hydrogens (primary N) is 1. The van der Waals surface area contributed by atoms with Crippen LogP contribution in [0.1, 0.15) is 12.3 Å². The summed E-state index contributed by atoms with van der Waals surface area (Å²) >= 11 is 3.42. The molecule has 0 spiro atoms. The number of carbonyl (C=O) groups is 1. The van der Waals surface area contributed by atoms with Crippen LogP contribution in [0.15, 0.2) is 39.4 Å². The molecule has 1 amide bonds. The highest BCUT2D eigenvalue weighted by molar-refractivity contribution is 9.10. The third-order valence-electron chi connectivity index (χ3n) is 3.10. The summed E-state index contributed by atoms with van der Waals surface area (Å²) in [5.41, 5.74) is 5.74. The molecule has 3 N–H and O–H groups in total. The van der Waals surface area contributed by atoms with E-state index in [1.54, 1.807) is 6.20 Å². The smallest absolute Gasteiger partial charge is 0.277 e. The van der Waals surface area contributed by atoms with E-state index in [1.165, 1.54) is 0 Å². The number of halogens is 5. The Labute approximate surface area is 164 Å². The third kappa shape index (κ3) is 7.27. The van der Waals surface area contributed by atoms with Crippen LogP contribution in [-0.2, 0) is 11.2 Å². The van der Waals surface area contributed by atoms with E-state index in [2.05, 4.69) is 26.2 Å². The second-order valence-corrected chi connectivity index (χ2v) is 5.79. The number of aromatic nitrogens is 1. The van der Waals surface area contributed by atoms with Crippen LogP contribution in [0.5, 0.6) is 0 Å². The zero-order chi connectivity index (χ0) is 16.9. The molecule has 0 aliphatic rings. The van der Waals surface area contributed by atoms with Gasteiger partial charge in [0.15, 0.2) is 11.7 Å². The zero-order valence-corrected chi connectivity index (χ0v) is 16.2. The lowest BCUT2D eigenvalue weighted by molar-refractivity contribution is -0.122. The number of alkyl halides is 2. The molecule has 25 heavy (non-hydrogen) atoms. The number of rotatable bonds is 7. The number of benzene rings is 1. The molecule has 1 aromatic carbocycles. The van der Waals surface area contributed by atoms with Crippen LogP contribution in [0.4, 0.5) is 8.78 Å². The Morgan fingerprint density at radius 1 is 1.32 bits per heavy atom. The van der Waals surface area contributed by atoms with Gasteiger partial charge in [0.05, 0.1) is 19.3 Å². The third-order valence-corrected chi connectivity index (χ3v) is 3.79. The van der Waals surface area contributed by atoms with E-state index in [9.17, 15) is 13.6 Å². The zero-order valence-electron chi connectivity index (χ0n) is 13.0. The summed E-state index contributed by atoms with van der Waals surface area (Å²) in [4.78, 5) is 15.6. The lowest BCUT2D eigenvalue weighted by Gasteiger charge is -2.14. The van der Waals surface area contributed by atoms with Crippen LogP contribution < -0.4 is 11.1 Å². The summed E-state index contributed by atoms with van der Waals surface area (Å²) in [5.74, 6) is -2.65. The molecule has 10 heteroatoms. The molecular weight excluding hydrogens is 443 g/mol. The van der Waals surface area contributed by atoms with Gasteiger partial charge in [-0.1, -0.05) is 34.1 Å². The van der Waals surface area contributed by atoms with E-state index in [0.717, 1.165) is 10.0 Å². The monoisotopic (exact) mass is 459 g/mol. The summed E-state index contributed by atoms with van der Waals surface area (Å²) in [6, 6.07) is 7.50. The highest BCUT2D eigenvalue weighted by Crippen LogP contribution is 2.28. The molecule has 2 rings (SSSR count). The molecule has 0 unspecified atom stereocenters. The van der Waals surface area contributed by atoms with E-state index in [1.807, 2.05) is 24.3 Å². The van der Waals surface area contributed by atoms with Crippen molar-refractivity contribution in [2.45, 2.75) is 18.8 Å². The van der Waals surface area contributed by atoms with Crippen molar-refractivity contribution >= 4 is 46.7 Å². The number of hydrogen-bond donors (Lipinski definition) is 2. The topological polar surface area (TPSA) is 81.1 Å². The highest BCUT2D eigenvalue weighted by atomic mass is 79.9. The Morgan fingerprint density at radius 3 is 2.64 bits per heavy atom. The molecule has 140 valence electrons. The van der Waals surface area contributed by atoms with Crippen molar-refractivity contribution in [2.24, 2.45) is 5.73 Å². The van der Waals surface area contributed by atoms with E-state index < -0.39 is 24.9 Å². The van der Waals surface area contributed by atoms with Gasteiger partial charge in [0, 0.05) is 22.9 Å². The minimum atomic E-state index is -3.09. The van der Waals surface area contributed by atoms with Crippen LogP contribution in [0.3, 0.4) is 0 Å². The quantitative estimate of drug-likeness (QED) is 0.661. The Bertz CT molecular complexity index is 686. The van der Waals surface area contributed by atoms with E-state index >= 15 is 0 Å². The fourth-order valence-corrected chi connectivity index (χ4v) is 2.30. The maximum absolute atomic E-state index is 12.9. The highest BCUT2D eigenvalue weighted by Gasteiger charge is 2.27. The van der Waals surface area contributed by atoms with Crippen molar-refractivity contribution in [3.63, 3.8) is 0 Å². The standard InChI is InChI=1S/C15H16BrF2N3O2.2ClH/c16-11-4-2-1-3-10(11)12-7-20-14(23-12)6-5-13(22)21-9-15(17,18)8-19;;/h1-4,7H,5-6,8-9,19H2,(H,21,22);2*1H. The normalized spacial score (nSPS) is 10.6. The summed E-state index contributed by atoms with van der Waals surface area (Å²) in [7, 11) is 0. The maximum Gasteiger partial charge on any atom is 0.277 e. The first-order valence-electron chi connectivity index (χ1n) is 6.95. The van der Waals surface area contributed by atoms with Gasteiger partial charge in [0.2, 0.25) is 5.91 Å². The average molecular weight is 461 g/mol. The van der Waals surface area contributed by atoms with Gasteiger partial charge in [-0.25, -0.2) is 13.8 Å². The van der Waals surface area contributed by atoms with Gasteiger partial charge in [-0.05, 0) is 6.07 Å². The molecule has 0 saturated heterocycles. The Morgan fingerprint density at radius 2 is 2.00 bits per heavy atom. The largest absolute Gasteiger partial charge is 0.441 e. The van der Waals surface area contributed by atoms with Crippen LogP contribution in [-0.4, -0.2) is 29.9 Å². The molecule has 0 fully saturated rings. The predicted octanol–water partition coefficient (Wildman–Crippen LogP) is 3.59. The van der Waals surface area contributed by atoms with Crippen LogP contribution in [0, 0.1) is 0 Å². The number of amides is 1. The van der Waals surface area contributed by atoms with Crippen LogP contribution >= 0.6 is 40.7 Å². The average Bonchev–Trinajstić information content (AvgIpc) is 3.00. The van der Waals surface area contributed by atoms with Gasteiger partial charge < -0.3 is 15.5 Å². The first-order valence-corrected chi connectivity index (χ1v) is 7.75. The first kappa shape index (κ1) is 23.8. The van der Waals surface area contributed by atoms with Crippen molar-refractivity contribution in [3.8, 4) is 11.3 Å². The molecule has 1 heterocycles. The SMILES string of the molecule is Cl.Cl.NCC(F)(F)CNC(=O)CCc1ncc(-c2ccccc2Br)o1. The van der Waals surface area contributed by atoms with Gasteiger partial charge >= 0.3 is 0 Å². The van der Waals surface area contributed by atoms with Crippen molar-refractivity contribution < 1.29 is 18.0 Å². The molecule has 1 aromatic heterocycles. The second-order valence-electron chi connectivity index (χ2n) is 4.93. The summed E-state index contributed by atoms with van der Waals surface area (Å²) in [5, 5.41) is 2.15. The van der Waals surface area contributed by atoms with Crippen LogP contribution in [0.2, 0.25) is 0 Å². The van der Waals surface area contributed by atoms with Crippen molar-refractivity contribution in [1.29, 1.82) is 0 Å². The Hall–Kier alpha value is -1.22. The maximum atomic E-state index is 12.9. The predicted molar refractivity (Wildman–Crippen MR) is 99.5 cm³/mol. The number of nitrogens with zero attached hydrogens (tertiary/aromatic N) is 1. The fraction of sp³-hybridized carbons (Fsp3) is 0.333. The van der Waals surface area contributed by atoms with Gasteiger partial charge in [-0.3, -0.25) is 4.79 Å². The molecular formula is C15H18BrCl2F2N3O2. The number of carbonyl (C=O) groups excluding carboxylic acids is 1. The molecule has 5 nitrogen and oxygen atoms in total. The lowest BCUT2D eigenvalue weighted by atomic mass is 10.2. The molecule has 0 aliphatic carbocycles. The summed E-state index contributed by atoms with van der Waals surface area (Å²) < 4.78 is 32.3. The van der Waals surface area contributed by atoms with E-state index in [-0.39, 0.29) is 37.7 Å². The molecule has 0 saturated carbocycles. The molecule has 0 aliphatic heterocycles. The van der Waals surface area contributed by atoms with Crippen molar-refractivity contribution in [3.05, 3.63) is 40.8 Å². The van der Waals surface area contributed by atoms with Gasteiger partial charge in [-0.2, -0.15) is 0 Å². The fourth-order valence-electron chi connectivity index (χ4n) is 1.82. The number of oxazole rings is 1. The Balaban J connectivity index is 0.00000288. The molecule has 2 aromatic rings. The Kier molecular flexibility index (Phi) is 10.2. The van der Waals surface area contributed by atoms with Crippen molar-refractivity contribution in [2.75, 3.05) is 13.1 Å². The van der Waals surface area contributed by atoms with Crippen molar-refractivity contribution in [1.82, 2.24) is 10.3 Å².